The maximum absolute atomic E-state index is 12.4. The third kappa shape index (κ3) is 5.88. The third-order valence-electron chi connectivity index (χ3n) is 4.23. The molecule has 3 aromatic rings. The number of anilines is 2. The summed E-state index contributed by atoms with van der Waals surface area (Å²) in [4.78, 5) is 24.6. The largest absolute Gasteiger partial charge is 0.325 e. The summed E-state index contributed by atoms with van der Waals surface area (Å²) in [6.07, 6.45) is 0. The van der Waals surface area contributed by atoms with Crippen molar-refractivity contribution in [1.82, 2.24) is 10.2 Å². The van der Waals surface area contributed by atoms with Gasteiger partial charge in [-0.3, -0.25) is 14.9 Å². The number of rotatable bonds is 6. The zero-order valence-electron chi connectivity index (χ0n) is 16.7. The highest BCUT2D eigenvalue weighted by molar-refractivity contribution is 8.01. The Hall–Kier alpha value is -2.71. The molecule has 1 heterocycles. The fraction of sp³-hybridized carbons (Fsp3) is 0.238. The van der Waals surface area contributed by atoms with Gasteiger partial charge in [0.05, 0.1) is 5.75 Å². The minimum atomic E-state index is -0.228. The Labute approximate surface area is 178 Å². The second kappa shape index (κ2) is 9.19. The van der Waals surface area contributed by atoms with Gasteiger partial charge in [-0.2, -0.15) is 0 Å². The van der Waals surface area contributed by atoms with Crippen molar-refractivity contribution in [2.45, 2.75) is 32.0 Å². The quantitative estimate of drug-likeness (QED) is 0.439. The molecular formula is C21H22N4O2S2. The van der Waals surface area contributed by atoms with Crippen LogP contribution in [0.15, 0.2) is 40.7 Å². The van der Waals surface area contributed by atoms with Crippen LogP contribution in [0.2, 0.25) is 0 Å². The van der Waals surface area contributed by atoms with E-state index in [1.54, 1.807) is 6.07 Å². The minimum Gasteiger partial charge on any atom is -0.325 e. The lowest BCUT2D eigenvalue weighted by atomic mass is 10.1. The molecule has 0 aliphatic heterocycles. The van der Waals surface area contributed by atoms with Crippen LogP contribution in [0.5, 0.6) is 0 Å². The van der Waals surface area contributed by atoms with E-state index in [1.807, 2.05) is 52.0 Å². The van der Waals surface area contributed by atoms with Crippen LogP contribution in [-0.4, -0.2) is 27.8 Å². The highest BCUT2D eigenvalue weighted by atomic mass is 32.2. The number of hydrogen-bond acceptors (Lipinski definition) is 6. The number of carbonyl (C=O) groups excluding carboxylic acids is 2. The number of hydrogen-bond donors (Lipinski definition) is 2. The van der Waals surface area contributed by atoms with Gasteiger partial charge in [0, 0.05) is 11.3 Å². The van der Waals surface area contributed by atoms with Gasteiger partial charge in [-0.25, -0.2) is 0 Å². The molecule has 2 aromatic carbocycles. The predicted molar refractivity (Wildman–Crippen MR) is 119 cm³/mol. The van der Waals surface area contributed by atoms with Gasteiger partial charge in [0.15, 0.2) is 4.34 Å². The number of aromatic nitrogens is 2. The van der Waals surface area contributed by atoms with Crippen LogP contribution in [-0.2, 0) is 4.79 Å². The van der Waals surface area contributed by atoms with Crippen LogP contribution in [0.3, 0.4) is 0 Å². The van der Waals surface area contributed by atoms with Gasteiger partial charge < -0.3 is 5.32 Å². The van der Waals surface area contributed by atoms with Gasteiger partial charge in [-0.1, -0.05) is 35.2 Å². The van der Waals surface area contributed by atoms with E-state index in [0.29, 0.717) is 15.0 Å². The first-order chi connectivity index (χ1) is 13.8. The normalized spacial score (nSPS) is 10.6. The average molecular weight is 427 g/mol. The zero-order valence-corrected chi connectivity index (χ0v) is 18.3. The zero-order chi connectivity index (χ0) is 21.0. The van der Waals surface area contributed by atoms with Crippen LogP contribution in [0.4, 0.5) is 10.8 Å². The van der Waals surface area contributed by atoms with Gasteiger partial charge in [0.2, 0.25) is 11.0 Å². The Bertz CT molecular complexity index is 1040. The van der Waals surface area contributed by atoms with Gasteiger partial charge in [-0.05, 0) is 74.2 Å². The van der Waals surface area contributed by atoms with Crippen molar-refractivity contribution in [1.29, 1.82) is 0 Å². The molecule has 0 aliphatic carbocycles. The molecule has 2 N–H and O–H groups in total. The number of amides is 2. The molecule has 0 unspecified atom stereocenters. The molecule has 29 heavy (non-hydrogen) atoms. The molecule has 2 amide bonds. The Balaban J connectivity index is 1.53. The Morgan fingerprint density at radius 2 is 1.66 bits per heavy atom. The summed E-state index contributed by atoms with van der Waals surface area (Å²) in [5.41, 5.74) is 5.75. The summed E-state index contributed by atoms with van der Waals surface area (Å²) in [6.45, 7) is 7.95. The lowest BCUT2D eigenvalue weighted by Crippen LogP contribution is -2.14. The van der Waals surface area contributed by atoms with Crippen LogP contribution in [0, 0.1) is 27.7 Å². The fourth-order valence-electron chi connectivity index (χ4n) is 2.74. The van der Waals surface area contributed by atoms with E-state index in [1.165, 1.54) is 23.1 Å². The maximum atomic E-state index is 12.4. The van der Waals surface area contributed by atoms with E-state index in [2.05, 4.69) is 26.9 Å². The van der Waals surface area contributed by atoms with Crippen molar-refractivity contribution >= 4 is 45.7 Å². The van der Waals surface area contributed by atoms with E-state index >= 15 is 0 Å². The van der Waals surface area contributed by atoms with Gasteiger partial charge in [0.1, 0.15) is 0 Å². The Kier molecular flexibility index (Phi) is 6.66. The molecule has 0 saturated heterocycles. The molecular weight excluding hydrogens is 404 g/mol. The summed E-state index contributed by atoms with van der Waals surface area (Å²) in [5.74, 6) is -0.128. The second-order valence-electron chi connectivity index (χ2n) is 6.84. The van der Waals surface area contributed by atoms with Crippen molar-refractivity contribution in [2.75, 3.05) is 16.4 Å². The van der Waals surface area contributed by atoms with Crippen molar-refractivity contribution in [3.8, 4) is 0 Å². The van der Waals surface area contributed by atoms with E-state index < -0.39 is 0 Å². The van der Waals surface area contributed by atoms with Crippen LogP contribution >= 0.6 is 23.1 Å². The summed E-state index contributed by atoms with van der Waals surface area (Å²) < 4.78 is 0.621. The summed E-state index contributed by atoms with van der Waals surface area (Å²) in [5, 5.41) is 14.1. The highest BCUT2D eigenvalue weighted by Crippen LogP contribution is 2.26. The van der Waals surface area contributed by atoms with E-state index in [0.717, 1.165) is 27.9 Å². The first kappa shape index (κ1) is 21.0. The standard InChI is InChI=1S/C21H22N4O2S2/c1-12-7-13(2)9-17(8-12)22-18(26)11-28-21-25-24-20(29-21)23-19(27)16-6-5-14(3)15(4)10-16/h5-10H,11H2,1-4H3,(H,22,26)(H,23,24,27). The third-order valence-corrected chi connectivity index (χ3v) is 6.20. The van der Waals surface area contributed by atoms with E-state index in [9.17, 15) is 9.59 Å². The summed E-state index contributed by atoms with van der Waals surface area (Å²) in [6, 6.07) is 11.5. The number of carbonyl (C=O) groups is 2. The molecule has 0 fully saturated rings. The molecule has 150 valence electrons. The monoisotopic (exact) mass is 426 g/mol. The number of nitrogens with zero attached hydrogens (tertiary/aromatic N) is 2. The number of thioether (sulfide) groups is 1. The molecule has 1 aromatic heterocycles. The summed E-state index contributed by atoms with van der Waals surface area (Å²) in [7, 11) is 0. The lowest BCUT2D eigenvalue weighted by Gasteiger charge is -2.06. The predicted octanol–water partition coefficient (Wildman–Crippen LogP) is 4.75. The molecule has 0 aliphatic rings. The second-order valence-corrected chi connectivity index (χ2v) is 9.04. The molecule has 0 saturated carbocycles. The maximum Gasteiger partial charge on any atom is 0.257 e. The van der Waals surface area contributed by atoms with E-state index in [4.69, 9.17) is 0 Å². The molecule has 3 rings (SSSR count). The Morgan fingerprint density at radius 3 is 2.34 bits per heavy atom. The van der Waals surface area contributed by atoms with Crippen molar-refractivity contribution in [3.05, 3.63) is 64.2 Å². The smallest absolute Gasteiger partial charge is 0.257 e. The molecule has 0 atom stereocenters. The topological polar surface area (TPSA) is 84.0 Å². The van der Waals surface area contributed by atoms with Gasteiger partial charge >= 0.3 is 0 Å². The summed E-state index contributed by atoms with van der Waals surface area (Å²) >= 11 is 2.53. The van der Waals surface area contributed by atoms with Crippen LogP contribution < -0.4 is 10.6 Å². The van der Waals surface area contributed by atoms with Crippen LogP contribution in [0.1, 0.15) is 32.6 Å². The molecule has 0 bridgehead atoms. The lowest BCUT2D eigenvalue weighted by molar-refractivity contribution is -0.113. The fourth-order valence-corrected chi connectivity index (χ4v) is 4.29. The van der Waals surface area contributed by atoms with E-state index in [-0.39, 0.29) is 17.6 Å². The van der Waals surface area contributed by atoms with Gasteiger partial charge in [-0.15, -0.1) is 10.2 Å². The molecule has 6 nitrogen and oxygen atoms in total. The SMILES string of the molecule is Cc1cc(C)cc(NC(=O)CSc2nnc(NC(=O)c3ccc(C)c(C)c3)s2)c1. The number of benzene rings is 2. The number of nitrogens with one attached hydrogen (secondary N) is 2. The number of aryl methyl sites for hydroxylation is 4. The first-order valence-corrected chi connectivity index (χ1v) is 10.8. The van der Waals surface area contributed by atoms with Crippen molar-refractivity contribution < 1.29 is 9.59 Å². The molecule has 0 spiro atoms. The highest BCUT2D eigenvalue weighted by Gasteiger charge is 2.12. The van der Waals surface area contributed by atoms with Gasteiger partial charge in [0.25, 0.3) is 5.91 Å². The Morgan fingerprint density at radius 1 is 0.931 bits per heavy atom. The first-order valence-electron chi connectivity index (χ1n) is 9.03. The van der Waals surface area contributed by atoms with Crippen molar-refractivity contribution in [2.24, 2.45) is 0 Å². The van der Waals surface area contributed by atoms with Crippen molar-refractivity contribution in [3.63, 3.8) is 0 Å². The van der Waals surface area contributed by atoms with Crippen LogP contribution in [0.25, 0.3) is 0 Å². The minimum absolute atomic E-state index is 0.115. The molecule has 8 heteroatoms. The molecule has 0 radical (unpaired) electrons. The average Bonchev–Trinajstić information content (AvgIpc) is 3.08.